The summed E-state index contributed by atoms with van der Waals surface area (Å²) in [5, 5.41) is 1.42. The van der Waals surface area contributed by atoms with Crippen LogP contribution in [-0.4, -0.2) is 22.6 Å². The van der Waals surface area contributed by atoms with Gasteiger partial charge >= 0.3 is 0 Å². The summed E-state index contributed by atoms with van der Waals surface area (Å²) in [6.45, 7) is 6.16. The molecule has 2 unspecified atom stereocenters. The largest absolute Gasteiger partial charge is 0.351 e. The Morgan fingerprint density at radius 2 is 2.22 bits per heavy atom. The van der Waals surface area contributed by atoms with Crippen molar-refractivity contribution in [3.8, 4) is 0 Å². The molecule has 0 amide bonds. The van der Waals surface area contributed by atoms with Crippen LogP contribution in [0.2, 0.25) is 0 Å². The van der Waals surface area contributed by atoms with Gasteiger partial charge in [-0.05, 0) is 35.4 Å². The van der Waals surface area contributed by atoms with E-state index in [1.54, 1.807) is 0 Å². The molecule has 1 aliphatic heterocycles. The van der Waals surface area contributed by atoms with E-state index in [-0.39, 0.29) is 0 Å². The number of piperidine rings is 1. The van der Waals surface area contributed by atoms with Crippen molar-refractivity contribution in [3.05, 3.63) is 36.0 Å². The molecule has 1 aromatic carbocycles. The minimum absolute atomic E-state index is 0.657. The fourth-order valence-corrected chi connectivity index (χ4v) is 3.73. The number of nitrogens with zero attached hydrogens (tertiary/aromatic N) is 2. The lowest BCUT2D eigenvalue weighted by molar-refractivity contribution is 0.279. The summed E-state index contributed by atoms with van der Waals surface area (Å²) in [6.07, 6.45) is 3.62. The predicted octanol–water partition coefficient (Wildman–Crippen LogP) is 3.02. The molecule has 2 heterocycles. The van der Waals surface area contributed by atoms with Crippen molar-refractivity contribution in [2.45, 2.75) is 19.9 Å². The van der Waals surface area contributed by atoms with Crippen LogP contribution in [0.4, 0.5) is 0 Å². The molecule has 1 aliphatic carbocycles. The van der Waals surface area contributed by atoms with Crippen LogP contribution < -0.4 is 0 Å². The van der Waals surface area contributed by atoms with E-state index in [4.69, 9.17) is 0 Å². The zero-order valence-electron chi connectivity index (χ0n) is 11.2. The molecular formula is C16H20N2. The van der Waals surface area contributed by atoms with Crippen molar-refractivity contribution in [3.63, 3.8) is 0 Å². The fourth-order valence-electron chi connectivity index (χ4n) is 3.73. The topological polar surface area (TPSA) is 8.17 Å². The first kappa shape index (κ1) is 10.6. The lowest BCUT2D eigenvalue weighted by Crippen LogP contribution is -2.23. The zero-order valence-corrected chi connectivity index (χ0v) is 11.2. The lowest BCUT2D eigenvalue weighted by Gasteiger charge is -2.19. The van der Waals surface area contributed by atoms with Gasteiger partial charge in [-0.25, -0.2) is 0 Å². The van der Waals surface area contributed by atoms with E-state index in [0.717, 1.165) is 12.5 Å². The summed E-state index contributed by atoms with van der Waals surface area (Å²) in [7, 11) is 2.12. The highest BCUT2D eigenvalue weighted by Crippen LogP contribution is 2.57. The van der Waals surface area contributed by atoms with Crippen molar-refractivity contribution < 1.29 is 0 Å². The molecule has 1 aromatic heterocycles. The van der Waals surface area contributed by atoms with Crippen LogP contribution >= 0.6 is 0 Å². The number of rotatable bonds is 2. The summed E-state index contributed by atoms with van der Waals surface area (Å²) in [4.78, 5) is 2.63. The van der Waals surface area contributed by atoms with Gasteiger partial charge in [-0.15, -0.1) is 0 Å². The molecule has 0 radical (unpaired) electrons. The van der Waals surface area contributed by atoms with Crippen molar-refractivity contribution in [1.82, 2.24) is 9.47 Å². The van der Waals surface area contributed by atoms with E-state index in [1.807, 2.05) is 0 Å². The normalized spacial score (nSPS) is 30.9. The van der Waals surface area contributed by atoms with Gasteiger partial charge in [0.15, 0.2) is 0 Å². The van der Waals surface area contributed by atoms with Crippen molar-refractivity contribution in [1.29, 1.82) is 0 Å². The van der Waals surface area contributed by atoms with Gasteiger partial charge in [0.1, 0.15) is 0 Å². The second-order valence-electron chi connectivity index (χ2n) is 6.50. The minimum Gasteiger partial charge on any atom is -0.351 e. The highest BCUT2D eigenvalue weighted by molar-refractivity contribution is 5.83. The van der Waals surface area contributed by atoms with Crippen LogP contribution in [0.15, 0.2) is 30.5 Å². The first-order chi connectivity index (χ1) is 8.66. The summed E-state index contributed by atoms with van der Waals surface area (Å²) in [5.74, 6) is 0.979. The second-order valence-corrected chi connectivity index (χ2v) is 6.50. The fraction of sp³-hybridized carbons (Fsp3) is 0.500. The smallest absolute Gasteiger partial charge is 0.0480 e. The van der Waals surface area contributed by atoms with E-state index in [9.17, 15) is 0 Å². The predicted molar refractivity (Wildman–Crippen MR) is 74.4 cm³/mol. The third kappa shape index (κ3) is 1.45. The van der Waals surface area contributed by atoms with Gasteiger partial charge in [0.05, 0.1) is 0 Å². The van der Waals surface area contributed by atoms with Crippen LogP contribution in [0.25, 0.3) is 10.9 Å². The number of likely N-dealkylation sites (tertiary alicyclic amines) is 1. The summed E-state index contributed by atoms with van der Waals surface area (Å²) in [6, 6.07) is 8.94. The maximum Gasteiger partial charge on any atom is 0.0480 e. The molecule has 2 nitrogen and oxygen atoms in total. The average Bonchev–Trinajstić information content (AvgIpc) is 2.69. The summed E-state index contributed by atoms with van der Waals surface area (Å²) >= 11 is 0. The molecule has 2 aromatic rings. The van der Waals surface area contributed by atoms with Gasteiger partial charge < -0.3 is 4.57 Å². The van der Waals surface area contributed by atoms with Crippen LogP contribution in [0.5, 0.6) is 0 Å². The molecule has 0 bridgehead atoms. The first-order valence-electron chi connectivity index (χ1n) is 6.91. The molecule has 0 N–H and O–H groups in total. The molecule has 2 heteroatoms. The quantitative estimate of drug-likeness (QED) is 0.783. The monoisotopic (exact) mass is 240 g/mol. The van der Waals surface area contributed by atoms with E-state index in [1.165, 1.54) is 36.0 Å². The molecule has 2 atom stereocenters. The van der Waals surface area contributed by atoms with Gasteiger partial charge in [0.25, 0.3) is 0 Å². The number of aromatic nitrogens is 1. The standard InChI is InChI=1S/C16H20N2/c1-16-8-13(16)10-18(11-16)9-12-4-3-5-15-14(12)6-7-17(15)2/h3-7,13H,8-11H2,1-2H3. The molecule has 2 fully saturated rings. The Kier molecular flexibility index (Phi) is 2.00. The van der Waals surface area contributed by atoms with Crippen LogP contribution in [0.3, 0.4) is 0 Å². The molecule has 1 saturated heterocycles. The van der Waals surface area contributed by atoms with Gasteiger partial charge in [0.2, 0.25) is 0 Å². The molecule has 4 rings (SSSR count). The summed E-state index contributed by atoms with van der Waals surface area (Å²) in [5.41, 5.74) is 3.49. The SMILES string of the molecule is Cn1ccc2c(CN3CC4CC4(C)C3)cccc21. The third-order valence-corrected chi connectivity index (χ3v) is 5.01. The van der Waals surface area contributed by atoms with Gasteiger partial charge in [-0.1, -0.05) is 19.1 Å². The first-order valence-corrected chi connectivity index (χ1v) is 6.91. The van der Waals surface area contributed by atoms with E-state index >= 15 is 0 Å². The number of hydrogen-bond acceptors (Lipinski definition) is 1. The molecule has 1 saturated carbocycles. The number of hydrogen-bond donors (Lipinski definition) is 0. The Bertz CT molecular complexity index is 613. The number of fused-ring (bicyclic) bond motifs is 2. The zero-order chi connectivity index (χ0) is 12.3. The van der Waals surface area contributed by atoms with Crippen molar-refractivity contribution in [2.75, 3.05) is 13.1 Å². The Morgan fingerprint density at radius 1 is 1.33 bits per heavy atom. The molecule has 0 spiro atoms. The van der Waals surface area contributed by atoms with Gasteiger partial charge in [-0.3, -0.25) is 4.90 Å². The molecular weight excluding hydrogens is 220 g/mol. The summed E-state index contributed by atoms with van der Waals surface area (Å²) < 4.78 is 2.21. The Hall–Kier alpha value is -1.28. The highest BCUT2D eigenvalue weighted by atomic mass is 15.2. The van der Waals surface area contributed by atoms with Crippen molar-refractivity contribution in [2.24, 2.45) is 18.4 Å². The minimum atomic E-state index is 0.657. The Balaban J connectivity index is 1.63. The molecule has 18 heavy (non-hydrogen) atoms. The third-order valence-electron chi connectivity index (χ3n) is 5.01. The van der Waals surface area contributed by atoms with E-state index in [2.05, 4.69) is 53.9 Å². The van der Waals surface area contributed by atoms with Crippen LogP contribution in [0, 0.1) is 11.3 Å². The van der Waals surface area contributed by atoms with E-state index in [0.29, 0.717) is 5.41 Å². The highest BCUT2D eigenvalue weighted by Gasteiger charge is 2.55. The Labute approximate surface area is 108 Å². The molecule has 2 aliphatic rings. The van der Waals surface area contributed by atoms with E-state index < -0.39 is 0 Å². The lowest BCUT2D eigenvalue weighted by atomic mass is 10.1. The van der Waals surface area contributed by atoms with Crippen LogP contribution in [0.1, 0.15) is 18.9 Å². The average molecular weight is 240 g/mol. The Morgan fingerprint density at radius 3 is 3.00 bits per heavy atom. The molecule has 94 valence electrons. The maximum absolute atomic E-state index is 2.63. The second kappa shape index (κ2) is 3.39. The van der Waals surface area contributed by atoms with Gasteiger partial charge in [0, 0.05) is 43.8 Å². The van der Waals surface area contributed by atoms with Gasteiger partial charge in [-0.2, -0.15) is 0 Å². The van der Waals surface area contributed by atoms with Crippen molar-refractivity contribution >= 4 is 10.9 Å². The number of aryl methyl sites for hydroxylation is 1. The maximum atomic E-state index is 2.63. The van der Waals surface area contributed by atoms with Crippen LogP contribution in [-0.2, 0) is 13.6 Å². The number of benzene rings is 1.